The van der Waals surface area contributed by atoms with Gasteiger partial charge in [-0.25, -0.2) is 4.39 Å². The number of nitroso groups, excluding NO2 is 1. The summed E-state index contributed by atoms with van der Waals surface area (Å²) in [5.41, 5.74) is 0.794. The van der Waals surface area contributed by atoms with E-state index in [2.05, 4.69) is 5.18 Å². The fourth-order valence-electron chi connectivity index (χ4n) is 1.84. The Hall–Kier alpha value is -1.49. The molecule has 0 fully saturated rings. The van der Waals surface area contributed by atoms with E-state index in [1.165, 1.54) is 18.2 Å². The molecule has 1 aliphatic rings. The monoisotopic (exact) mass is 225 g/mol. The Morgan fingerprint density at radius 3 is 3.19 bits per heavy atom. The average molecular weight is 225 g/mol. The third-order valence-electron chi connectivity index (χ3n) is 2.69. The molecule has 0 amide bonds. The van der Waals surface area contributed by atoms with Crippen LogP contribution in [0.1, 0.15) is 12.0 Å². The van der Waals surface area contributed by atoms with Crippen LogP contribution in [0.15, 0.2) is 23.4 Å². The Morgan fingerprint density at radius 1 is 1.62 bits per heavy atom. The van der Waals surface area contributed by atoms with Crippen molar-refractivity contribution in [3.63, 3.8) is 0 Å². The topological polar surface area (TPSA) is 58.9 Å². The molecule has 16 heavy (non-hydrogen) atoms. The highest BCUT2D eigenvalue weighted by atomic mass is 19.1. The van der Waals surface area contributed by atoms with E-state index in [1.807, 2.05) is 0 Å². The number of halogens is 1. The highest BCUT2D eigenvalue weighted by molar-refractivity contribution is 5.35. The minimum Gasteiger partial charge on any atom is -0.487 e. The van der Waals surface area contributed by atoms with E-state index in [-0.39, 0.29) is 12.4 Å². The van der Waals surface area contributed by atoms with Crippen LogP contribution in [-0.2, 0) is 6.42 Å². The van der Waals surface area contributed by atoms with Gasteiger partial charge in [0.15, 0.2) is 0 Å². The molecule has 0 aliphatic carbocycles. The first-order chi connectivity index (χ1) is 7.70. The molecule has 0 saturated carbocycles. The first-order valence-electron chi connectivity index (χ1n) is 5.13. The van der Waals surface area contributed by atoms with Crippen molar-refractivity contribution in [3.8, 4) is 5.75 Å². The van der Waals surface area contributed by atoms with Gasteiger partial charge in [0, 0.05) is 0 Å². The molecule has 2 atom stereocenters. The van der Waals surface area contributed by atoms with Gasteiger partial charge in [-0.3, -0.25) is 0 Å². The van der Waals surface area contributed by atoms with E-state index < -0.39 is 12.2 Å². The second-order valence-electron chi connectivity index (χ2n) is 3.83. The number of rotatable bonds is 3. The summed E-state index contributed by atoms with van der Waals surface area (Å²) in [6.07, 6.45) is -0.132. The fraction of sp³-hybridized carbons (Fsp3) is 0.455. The van der Waals surface area contributed by atoms with Crippen molar-refractivity contribution >= 4 is 0 Å². The number of aliphatic hydroxyl groups excluding tert-OH is 1. The molecule has 0 radical (unpaired) electrons. The van der Waals surface area contributed by atoms with E-state index in [4.69, 9.17) is 4.74 Å². The molecule has 4 nitrogen and oxygen atoms in total. The van der Waals surface area contributed by atoms with Crippen LogP contribution < -0.4 is 4.74 Å². The largest absolute Gasteiger partial charge is 0.487 e. The molecule has 1 aliphatic heterocycles. The maximum absolute atomic E-state index is 12.9. The van der Waals surface area contributed by atoms with Gasteiger partial charge in [-0.15, -0.1) is 0 Å². The van der Waals surface area contributed by atoms with Gasteiger partial charge in [0.25, 0.3) is 0 Å². The normalized spacial score (nSPS) is 20.8. The number of ether oxygens (including phenoxy) is 1. The summed E-state index contributed by atoms with van der Waals surface area (Å²) in [6, 6.07) is 4.28. The Morgan fingerprint density at radius 2 is 2.44 bits per heavy atom. The molecule has 2 unspecified atom stereocenters. The molecular weight excluding hydrogens is 213 g/mol. The van der Waals surface area contributed by atoms with Crippen molar-refractivity contribution in [2.75, 3.05) is 6.54 Å². The SMILES string of the molecule is O=NCC(O)C1CCc2cc(F)ccc2O1. The Kier molecular flexibility index (Phi) is 3.14. The van der Waals surface area contributed by atoms with E-state index in [0.29, 0.717) is 18.6 Å². The van der Waals surface area contributed by atoms with Gasteiger partial charge in [0.2, 0.25) is 0 Å². The lowest BCUT2D eigenvalue weighted by molar-refractivity contribution is 0.0297. The van der Waals surface area contributed by atoms with E-state index in [1.54, 1.807) is 0 Å². The van der Waals surface area contributed by atoms with E-state index in [9.17, 15) is 14.4 Å². The number of hydrogen-bond donors (Lipinski definition) is 1. The molecule has 5 heteroatoms. The van der Waals surface area contributed by atoms with Crippen molar-refractivity contribution in [2.45, 2.75) is 25.0 Å². The Labute approximate surface area is 92.0 Å². The van der Waals surface area contributed by atoms with Gasteiger partial charge in [0.05, 0.1) is 0 Å². The average Bonchev–Trinajstić information content (AvgIpc) is 2.28. The van der Waals surface area contributed by atoms with Gasteiger partial charge in [-0.2, -0.15) is 4.91 Å². The lowest BCUT2D eigenvalue weighted by Crippen LogP contribution is -2.36. The van der Waals surface area contributed by atoms with Crippen LogP contribution in [0.3, 0.4) is 0 Å². The summed E-state index contributed by atoms with van der Waals surface area (Å²) in [5.74, 6) is 0.276. The van der Waals surface area contributed by atoms with Crippen LogP contribution in [-0.4, -0.2) is 23.9 Å². The molecule has 1 aromatic carbocycles. The highest BCUT2D eigenvalue weighted by Gasteiger charge is 2.26. The summed E-state index contributed by atoms with van der Waals surface area (Å²) in [4.78, 5) is 10.0. The minimum atomic E-state index is -0.893. The van der Waals surface area contributed by atoms with Crippen LogP contribution in [0.25, 0.3) is 0 Å². The second kappa shape index (κ2) is 4.57. The van der Waals surface area contributed by atoms with Crippen molar-refractivity contribution in [1.29, 1.82) is 0 Å². The summed E-state index contributed by atoms with van der Waals surface area (Å²) in [6.45, 7) is -0.179. The van der Waals surface area contributed by atoms with Gasteiger partial charge in [-0.05, 0) is 36.6 Å². The highest BCUT2D eigenvalue weighted by Crippen LogP contribution is 2.29. The summed E-state index contributed by atoms with van der Waals surface area (Å²) < 4.78 is 18.4. The number of nitrogens with zero attached hydrogens (tertiary/aromatic N) is 1. The lowest BCUT2D eigenvalue weighted by Gasteiger charge is -2.28. The smallest absolute Gasteiger partial charge is 0.127 e. The van der Waals surface area contributed by atoms with Gasteiger partial charge < -0.3 is 9.84 Å². The van der Waals surface area contributed by atoms with Gasteiger partial charge >= 0.3 is 0 Å². The first-order valence-corrected chi connectivity index (χ1v) is 5.13. The standard InChI is InChI=1S/C11H12FNO3/c12-8-2-4-10-7(5-8)1-3-11(16-10)9(14)6-13-15/h2,4-5,9,11,14H,1,3,6H2. The van der Waals surface area contributed by atoms with Crippen molar-refractivity contribution in [1.82, 2.24) is 0 Å². The molecule has 1 N–H and O–H groups in total. The predicted molar refractivity (Wildman–Crippen MR) is 55.8 cm³/mol. The predicted octanol–water partition coefficient (Wildman–Crippen LogP) is 1.65. The second-order valence-corrected chi connectivity index (χ2v) is 3.83. The molecule has 1 heterocycles. The maximum atomic E-state index is 12.9. The maximum Gasteiger partial charge on any atom is 0.127 e. The number of aliphatic hydroxyl groups is 1. The van der Waals surface area contributed by atoms with Crippen LogP contribution in [0.5, 0.6) is 5.75 Å². The first kappa shape index (κ1) is 11.0. The lowest BCUT2D eigenvalue weighted by atomic mass is 9.99. The van der Waals surface area contributed by atoms with Crippen molar-refractivity contribution < 1.29 is 14.2 Å². The zero-order chi connectivity index (χ0) is 11.5. The Balaban J connectivity index is 2.11. The number of hydrogen-bond acceptors (Lipinski definition) is 4. The quantitative estimate of drug-likeness (QED) is 0.795. The molecule has 0 saturated heterocycles. The zero-order valence-electron chi connectivity index (χ0n) is 8.60. The van der Waals surface area contributed by atoms with Gasteiger partial charge in [0.1, 0.15) is 30.3 Å². The minimum absolute atomic E-state index is 0.179. The van der Waals surface area contributed by atoms with Crippen LogP contribution in [0.2, 0.25) is 0 Å². The van der Waals surface area contributed by atoms with Crippen LogP contribution >= 0.6 is 0 Å². The van der Waals surface area contributed by atoms with Crippen LogP contribution in [0, 0.1) is 10.7 Å². The number of benzene rings is 1. The summed E-state index contributed by atoms with van der Waals surface area (Å²) >= 11 is 0. The summed E-state index contributed by atoms with van der Waals surface area (Å²) in [7, 11) is 0. The third kappa shape index (κ3) is 2.19. The number of aryl methyl sites for hydroxylation is 1. The third-order valence-corrected chi connectivity index (χ3v) is 2.69. The molecular formula is C11H12FNO3. The van der Waals surface area contributed by atoms with Crippen molar-refractivity contribution in [3.05, 3.63) is 34.5 Å². The van der Waals surface area contributed by atoms with Crippen molar-refractivity contribution in [2.24, 2.45) is 5.18 Å². The molecule has 0 spiro atoms. The Bertz CT molecular complexity index is 397. The molecule has 1 aromatic rings. The molecule has 0 aromatic heterocycles. The molecule has 86 valence electrons. The van der Waals surface area contributed by atoms with E-state index >= 15 is 0 Å². The van der Waals surface area contributed by atoms with E-state index in [0.717, 1.165) is 5.56 Å². The number of fused-ring (bicyclic) bond motifs is 1. The summed E-state index contributed by atoms with van der Waals surface area (Å²) in [5, 5.41) is 12.2. The fourth-order valence-corrected chi connectivity index (χ4v) is 1.84. The van der Waals surface area contributed by atoms with Gasteiger partial charge in [-0.1, -0.05) is 5.18 Å². The molecule has 0 bridgehead atoms. The molecule has 2 rings (SSSR count). The zero-order valence-corrected chi connectivity index (χ0v) is 8.60. The van der Waals surface area contributed by atoms with Crippen LogP contribution in [0.4, 0.5) is 4.39 Å².